The first-order valence-electron chi connectivity index (χ1n) is 13.5. The van der Waals surface area contributed by atoms with Crippen molar-refractivity contribution in [1.29, 1.82) is 0 Å². The number of aromatic amines is 1. The maximum Gasteiger partial charge on any atom is 0.323 e. The first-order chi connectivity index (χ1) is 19.0. The summed E-state index contributed by atoms with van der Waals surface area (Å²) >= 11 is 0. The van der Waals surface area contributed by atoms with E-state index in [1.165, 1.54) is 19.3 Å². The Morgan fingerprint density at radius 3 is 2.44 bits per heavy atom. The zero-order chi connectivity index (χ0) is 27.2. The fourth-order valence-corrected chi connectivity index (χ4v) is 5.28. The van der Waals surface area contributed by atoms with Crippen molar-refractivity contribution in [2.45, 2.75) is 52.0 Å². The number of aromatic nitrogens is 4. The zero-order valence-electron chi connectivity index (χ0n) is 22.6. The number of benzene rings is 3. The molecule has 0 saturated heterocycles. The van der Waals surface area contributed by atoms with Crippen molar-refractivity contribution in [1.82, 2.24) is 20.6 Å². The Labute approximate surface area is 229 Å². The van der Waals surface area contributed by atoms with E-state index in [2.05, 4.69) is 61.8 Å². The van der Waals surface area contributed by atoms with Gasteiger partial charge in [0.2, 0.25) is 5.82 Å². The number of rotatable bonds is 8. The lowest BCUT2D eigenvalue weighted by Gasteiger charge is -2.37. The predicted octanol–water partition coefficient (Wildman–Crippen LogP) is 7.20. The highest BCUT2D eigenvalue weighted by atomic mass is 16.2. The molecule has 1 aliphatic carbocycles. The van der Waals surface area contributed by atoms with Crippen LogP contribution in [-0.2, 0) is 0 Å². The quantitative estimate of drug-likeness (QED) is 0.213. The zero-order valence-corrected chi connectivity index (χ0v) is 22.6. The molecule has 0 radical (unpaired) electrons. The number of H-pyrrole nitrogens is 1. The molecule has 1 aliphatic rings. The van der Waals surface area contributed by atoms with Gasteiger partial charge in [0, 0.05) is 23.8 Å². The molecule has 8 nitrogen and oxygen atoms in total. The summed E-state index contributed by atoms with van der Waals surface area (Å²) in [5.41, 5.74) is 7.46. The van der Waals surface area contributed by atoms with Gasteiger partial charge in [-0.3, -0.25) is 0 Å². The van der Waals surface area contributed by atoms with Crippen LogP contribution in [0.5, 0.6) is 0 Å². The van der Waals surface area contributed by atoms with E-state index in [9.17, 15) is 4.79 Å². The minimum absolute atomic E-state index is 0.289. The molecule has 4 aromatic rings. The van der Waals surface area contributed by atoms with Crippen molar-refractivity contribution < 1.29 is 4.79 Å². The normalized spacial score (nSPS) is 13.6. The van der Waals surface area contributed by atoms with Gasteiger partial charge < -0.3 is 15.5 Å². The summed E-state index contributed by atoms with van der Waals surface area (Å²) in [4.78, 5) is 15.7. The van der Waals surface area contributed by atoms with Gasteiger partial charge in [0.25, 0.3) is 0 Å². The summed E-state index contributed by atoms with van der Waals surface area (Å²) < 4.78 is 0. The van der Waals surface area contributed by atoms with E-state index in [0.717, 1.165) is 64.3 Å². The number of anilines is 3. The summed E-state index contributed by atoms with van der Waals surface area (Å²) in [6, 6.07) is 22.1. The Hall–Kier alpha value is -4.46. The summed E-state index contributed by atoms with van der Waals surface area (Å²) in [5.74, 6) is 0.521. The second-order valence-electron chi connectivity index (χ2n) is 10.3. The molecule has 3 aromatic carbocycles. The van der Waals surface area contributed by atoms with Gasteiger partial charge in [0.1, 0.15) is 0 Å². The van der Waals surface area contributed by atoms with E-state index in [1.807, 2.05) is 61.5 Å². The van der Waals surface area contributed by atoms with E-state index in [0.29, 0.717) is 11.9 Å². The van der Waals surface area contributed by atoms with Gasteiger partial charge >= 0.3 is 6.03 Å². The SMILES string of the molecule is C=C(C)CN(c1ccc(-c2ccccc2-c2nn[nH]n2)cc1NC(=O)Nc1ccc(C)cc1)C1CCCCC1. The van der Waals surface area contributed by atoms with Crippen molar-refractivity contribution in [3.05, 3.63) is 84.4 Å². The van der Waals surface area contributed by atoms with Crippen LogP contribution in [0.4, 0.5) is 21.9 Å². The number of hydrogen-bond donors (Lipinski definition) is 3. The number of amides is 2. The fraction of sp³-hybridized carbons (Fsp3) is 0.290. The van der Waals surface area contributed by atoms with Crippen molar-refractivity contribution in [2.24, 2.45) is 0 Å². The average molecular weight is 522 g/mol. The molecule has 0 atom stereocenters. The minimum atomic E-state index is -0.289. The number of nitrogens with one attached hydrogen (secondary N) is 3. The maximum absolute atomic E-state index is 13.3. The van der Waals surface area contributed by atoms with Crippen molar-refractivity contribution in [3.63, 3.8) is 0 Å². The Morgan fingerprint density at radius 1 is 1.00 bits per heavy atom. The maximum atomic E-state index is 13.3. The molecule has 39 heavy (non-hydrogen) atoms. The van der Waals surface area contributed by atoms with Crippen LogP contribution in [0.2, 0.25) is 0 Å². The Balaban J connectivity index is 1.55. The van der Waals surface area contributed by atoms with Crippen LogP contribution < -0.4 is 15.5 Å². The highest BCUT2D eigenvalue weighted by molar-refractivity contribution is 6.02. The number of nitrogens with zero attached hydrogens (tertiary/aromatic N) is 4. The number of carbonyl (C=O) groups is 1. The largest absolute Gasteiger partial charge is 0.363 e. The van der Waals surface area contributed by atoms with Gasteiger partial charge in [0.15, 0.2) is 0 Å². The molecule has 0 unspecified atom stereocenters. The standard InChI is InChI=1S/C31H35N7O/c1-21(2)20-38(25-9-5-4-6-10-25)29-18-15-23(26-11-7-8-12-27(26)30-34-36-37-35-30)19-28(29)33-31(39)32-24-16-13-22(3)14-17-24/h7-8,11-19,25H,1,4-6,9-10,20H2,2-3H3,(H2,32,33,39)(H,34,35,36,37). The van der Waals surface area contributed by atoms with Crippen LogP contribution >= 0.6 is 0 Å². The average Bonchev–Trinajstić information content (AvgIpc) is 3.49. The number of carbonyl (C=O) groups excluding carboxylic acids is 1. The van der Waals surface area contributed by atoms with Gasteiger partial charge in [-0.05, 0) is 67.3 Å². The highest BCUT2D eigenvalue weighted by Crippen LogP contribution is 2.38. The molecule has 0 bridgehead atoms. The Kier molecular flexibility index (Phi) is 8.01. The monoisotopic (exact) mass is 521 g/mol. The van der Waals surface area contributed by atoms with Crippen LogP contribution in [0.25, 0.3) is 22.5 Å². The van der Waals surface area contributed by atoms with Crippen LogP contribution in [0.1, 0.15) is 44.6 Å². The number of urea groups is 1. The van der Waals surface area contributed by atoms with E-state index >= 15 is 0 Å². The summed E-state index contributed by atoms with van der Waals surface area (Å²) in [5, 5.41) is 20.8. The number of aryl methyl sites for hydroxylation is 1. The molecular formula is C31H35N7O. The molecular weight excluding hydrogens is 486 g/mol. The van der Waals surface area contributed by atoms with Gasteiger partial charge in [-0.2, -0.15) is 5.21 Å². The summed E-state index contributed by atoms with van der Waals surface area (Å²) in [6.45, 7) is 9.03. The predicted molar refractivity (Wildman–Crippen MR) is 158 cm³/mol. The van der Waals surface area contributed by atoms with Gasteiger partial charge in [-0.1, -0.05) is 79.4 Å². The lowest BCUT2D eigenvalue weighted by atomic mass is 9.92. The van der Waals surface area contributed by atoms with Crippen LogP contribution in [-0.4, -0.2) is 39.2 Å². The number of tetrazole rings is 1. The molecule has 1 fully saturated rings. The molecule has 0 aliphatic heterocycles. The third kappa shape index (κ3) is 6.34. The van der Waals surface area contributed by atoms with Crippen LogP contribution in [0.15, 0.2) is 78.9 Å². The molecule has 8 heteroatoms. The Morgan fingerprint density at radius 2 is 1.74 bits per heavy atom. The fourth-order valence-electron chi connectivity index (χ4n) is 5.28. The van der Waals surface area contributed by atoms with E-state index in [4.69, 9.17) is 0 Å². The Bertz CT molecular complexity index is 1420. The van der Waals surface area contributed by atoms with Gasteiger partial charge in [-0.15, -0.1) is 10.2 Å². The smallest absolute Gasteiger partial charge is 0.323 e. The van der Waals surface area contributed by atoms with E-state index in [-0.39, 0.29) is 6.03 Å². The first kappa shape index (κ1) is 26.2. The topological polar surface area (TPSA) is 98.8 Å². The lowest BCUT2D eigenvalue weighted by molar-refractivity contribution is 0.262. The lowest BCUT2D eigenvalue weighted by Crippen LogP contribution is -2.38. The molecule has 3 N–H and O–H groups in total. The molecule has 1 saturated carbocycles. The second-order valence-corrected chi connectivity index (χ2v) is 10.3. The highest BCUT2D eigenvalue weighted by Gasteiger charge is 2.25. The molecule has 1 heterocycles. The van der Waals surface area contributed by atoms with Gasteiger partial charge in [-0.25, -0.2) is 4.79 Å². The molecule has 200 valence electrons. The van der Waals surface area contributed by atoms with Gasteiger partial charge in [0.05, 0.1) is 11.4 Å². The van der Waals surface area contributed by atoms with Crippen LogP contribution in [0, 0.1) is 6.92 Å². The minimum Gasteiger partial charge on any atom is -0.363 e. The van der Waals surface area contributed by atoms with Crippen molar-refractivity contribution in [2.75, 3.05) is 22.1 Å². The van der Waals surface area contributed by atoms with E-state index in [1.54, 1.807) is 0 Å². The van der Waals surface area contributed by atoms with Crippen LogP contribution in [0.3, 0.4) is 0 Å². The first-order valence-corrected chi connectivity index (χ1v) is 13.5. The van der Waals surface area contributed by atoms with Crippen molar-refractivity contribution in [3.8, 4) is 22.5 Å². The molecule has 1 aromatic heterocycles. The molecule has 0 spiro atoms. The van der Waals surface area contributed by atoms with Crippen molar-refractivity contribution >= 4 is 23.1 Å². The van der Waals surface area contributed by atoms with E-state index < -0.39 is 0 Å². The summed E-state index contributed by atoms with van der Waals surface area (Å²) in [7, 11) is 0. The second kappa shape index (κ2) is 11.9. The number of hydrogen-bond acceptors (Lipinski definition) is 5. The third-order valence-corrected chi connectivity index (χ3v) is 7.14. The molecule has 5 rings (SSSR count). The summed E-state index contributed by atoms with van der Waals surface area (Å²) in [6.07, 6.45) is 5.96. The third-order valence-electron chi connectivity index (χ3n) is 7.14. The molecule has 2 amide bonds.